The molecular weight excluding hydrogens is 429 g/mol. The number of carbonyl (C=O) groups is 2. The van der Waals surface area contributed by atoms with E-state index in [0.29, 0.717) is 5.56 Å². The minimum absolute atomic E-state index is 0.0691. The van der Waals surface area contributed by atoms with Gasteiger partial charge in [-0.25, -0.2) is 0 Å². The summed E-state index contributed by atoms with van der Waals surface area (Å²) in [6.07, 6.45) is -4.63. The Hall–Kier alpha value is -3.47. The third kappa shape index (κ3) is 6.27. The first-order valence-electron chi connectivity index (χ1n) is 9.66. The molecule has 0 fully saturated rings. The fourth-order valence-corrected chi connectivity index (χ4v) is 3.01. The lowest BCUT2D eigenvalue weighted by molar-refractivity contribution is -0.384. The van der Waals surface area contributed by atoms with Gasteiger partial charge in [0, 0.05) is 6.07 Å². The van der Waals surface area contributed by atoms with Crippen molar-refractivity contribution in [2.24, 2.45) is 0 Å². The molecule has 0 aliphatic heterocycles. The molecule has 8 nitrogen and oxygen atoms in total. The predicted octanol–water partition coefficient (Wildman–Crippen LogP) is 4.13. The van der Waals surface area contributed by atoms with E-state index in [2.05, 4.69) is 10.6 Å². The molecule has 0 saturated carbocycles. The van der Waals surface area contributed by atoms with E-state index in [0.717, 1.165) is 17.7 Å². The second kappa shape index (κ2) is 10.2. The van der Waals surface area contributed by atoms with Crippen molar-refractivity contribution in [1.29, 1.82) is 0 Å². The van der Waals surface area contributed by atoms with Crippen molar-refractivity contribution in [2.75, 3.05) is 30.3 Å². The zero-order valence-corrected chi connectivity index (χ0v) is 17.7. The summed E-state index contributed by atoms with van der Waals surface area (Å²) in [5, 5.41) is 16.0. The number of amides is 2. The van der Waals surface area contributed by atoms with Gasteiger partial charge in [0.15, 0.2) is 0 Å². The number of aryl methyl sites for hydroxylation is 1. The lowest BCUT2D eigenvalue weighted by Crippen LogP contribution is -2.39. The number of halogens is 3. The molecule has 2 N–H and O–H groups in total. The molecule has 0 heterocycles. The molecule has 32 heavy (non-hydrogen) atoms. The molecule has 0 aliphatic carbocycles. The summed E-state index contributed by atoms with van der Waals surface area (Å²) in [5.74, 6) is -1.32. The van der Waals surface area contributed by atoms with Crippen molar-refractivity contribution in [3.63, 3.8) is 0 Å². The Kier molecular flexibility index (Phi) is 7.92. The summed E-state index contributed by atoms with van der Waals surface area (Å²) in [4.78, 5) is 36.9. The van der Waals surface area contributed by atoms with Crippen LogP contribution in [0, 0.1) is 24.0 Å². The highest BCUT2D eigenvalue weighted by atomic mass is 19.4. The minimum atomic E-state index is -4.63. The zero-order valence-electron chi connectivity index (χ0n) is 17.7. The fourth-order valence-electron chi connectivity index (χ4n) is 3.01. The fraction of sp³-hybridized carbons (Fsp3) is 0.333. The molecule has 0 aromatic heterocycles. The molecule has 0 aliphatic rings. The summed E-state index contributed by atoms with van der Waals surface area (Å²) in [6, 6.07) is 7.45. The number of alkyl halides is 3. The van der Waals surface area contributed by atoms with E-state index in [9.17, 15) is 32.9 Å². The molecular formula is C21H23F3N4O4. The number of hydrogen-bond acceptors (Lipinski definition) is 5. The number of nitro groups is 1. The predicted molar refractivity (Wildman–Crippen MR) is 113 cm³/mol. The van der Waals surface area contributed by atoms with Gasteiger partial charge in [-0.05, 0) is 43.7 Å². The van der Waals surface area contributed by atoms with Crippen molar-refractivity contribution in [3.05, 3.63) is 63.2 Å². The summed E-state index contributed by atoms with van der Waals surface area (Å²) >= 11 is 0. The Labute approximate surface area is 182 Å². The molecule has 2 aromatic carbocycles. The number of benzene rings is 2. The van der Waals surface area contributed by atoms with Crippen molar-refractivity contribution in [3.8, 4) is 0 Å². The number of nitrogens with zero attached hydrogens (tertiary/aromatic N) is 2. The Balaban J connectivity index is 2.08. The van der Waals surface area contributed by atoms with Crippen molar-refractivity contribution in [2.45, 2.75) is 26.9 Å². The van der Waals surface area contributed by atoms with Crippen LogP contribution in [0.4, 0.5) is 30.2 Å². The van der Waals surface area contributed by atoms with Gasteiger partial charge in [-0.3, -0.25) is 24.6 Å². The first-order valence-corrected chi connectivity index (χ1v) is 9.66. The van der Waals surface area contributed by atoms with Crippen LogP contribution < -0.4 is 10.6 Å². The van der Waals surface area contributed by atoms with E-state index in [1.807, 2.05) is 0 Å². The average molecular weight is 452 g/mol. The van der Waals surface area contributed by atoms with Crippen molar-refractivity contribution in [1.82, 2.24) is 4.90 Å². The Morgan fingerprint density at radius 1 is 1.03 bits per heavy atom. The molecule has 0 atom stereocenters. The highest BCUT2D eigenvalue weighted by Gasteiger charge is 2.33. The lowest BCUT2D eigenvalue weighted by atomic mass is 10.1. The monoisotopic (exact) mass is 452 g/mol. The molecule has 0 radical (unpaired) electrons. The highest BCUT2D eigenvalue weighted by Crippen LogP contribution is 2.34. The SMILES string of the molecule is CCN(CC(=O)Nc1ccccc1C(F)(F)F)CC(=O)Nc1c([N+](=O)[O-])ccc(C)c1C. The van der Waals surface area contributed by atoms with Crippen LogP contribution >= 0.6 is 0 Å². The number of para-hydroxylation sites is 1. The second-order valence-electron chi connectivity index (χ2n) is 7.10. The molecule has 172 valence electrons. The summed E-state index contributed by atoms with van der Waals surface area (Å²) < 4.78 is 39.3. The molecule has 2 aromatic rings. The van der Waals surface area contributed by atoms with Crippen molar-refractivity contribution < 1.29 is 27.7 Å². The maximum absolute atomic E-state index is 13.1. The van der Waals surface area contributed by atoms with E-state index >= 15 is 0 Å². The number of carbonyl (C=O) groups excluding carboxylic acids is 2. The van der Waals surface area contributed by atoms with E-state index in [4.69, 9.17) is 0 Å². The minimum Gasteiger partial charge on any atom is -0.324 e. The molecule has 0 bridgehead atoms. The normalized spacial score (nSPS) is 11.3. The van der Waals surface area contributed by atoms with Crippen LogP contribution in [0.25, 0.3) is 0 Å². The van der Waals surface area contributed by atoms with Crippen LogP contribution in [0.1, 0.15) is 23.6 Å². The molecule has 0 spiro atoms. The first kappa shape index (κ1) is 24.8. The zero-order chi connectivity index (χ0) is 24.1. The highest BCUT2D eigenvalue weighted by molar-refractivity contribution is 5.97. The maximum Gasteiger partial charge on any atom is 0.418 e. The number of nitrogens with one attached hydrogen (secondary N) is 2. The van der Waals surface area contributed by atoms with Crippen LogP contribution in [-0.4, -0.2) is 41.3 Å². The largest absolute Gasteiger partial charge is 0.418 e. The summed E-state index contributed by atoms with van der Waals surface area (Å²) in [6.45, 7) is 4.68. The number of hydrogen-bond donors (Lipinski definition) is 2. The van der Waals surface area contributed by atoms with Gasteiger partial charge in [-0.1, -0.05) is 25.1 Å². The van der Waals surface area contributed by atoms with E-state index in [1.165, 1.54) is 23.1 Å². The third-order valence-electron chi connectivity index (χ3n) is 4.86. The summed E-state index contributed by atoms with van der Waals surface area (Å²) in [7, 11) is 0. The van der Waals surface area contributed by atoms with Crippen LogP contribution in [0.15, 0.2) is 36.4 Å². The Bertz CT molecular complexity index is 1020. The van der Waals surface area contributed by atoms with Gasteiger partial charge in [-0.15, -0.1) is 0 Å². The first-order chi connectivity index (χ1) is 14.9. The Morgan fingerprint density at radius 3 is 2.19 bits per heavy atom. The van der Waals surface area contributed by atoms with E-state index in [-0.39, 0.29) is 36.7 Å². The maximum atomic E-state index is 13.1. The number of anilines is 2. The van der Waals surface area contributed by atoms with Gasteiger partial charge in [0.2, 0.25) is 11.8 Å². The Morgan fingerprint density at radius 2 is 1.62 bits per heavy atom. The van der Waals surface area contributed by atoms with Gasteiger partial charge >= 0.3 is 6.18 Å². The number of likely N-dealkylation sites (N-methyl/N-ethyl adjacent to an activating group) is 1. The van der Waals surface area contributed by atoms with Crippen LogP contribution in [-0.2, 0) is 15.8 Å². The summed E-state index contributed by atoms with van der Waals surface area (Å²) in [5.41, 5.74) is -0.253. The lowest BCUT2D eigenvalue weighted by Gasteiger charge is -2.20. The van der Waals surface area contributed by atoms with E-state index < -0.39 is 28.5 Å². The second-order valence-corrected chi connectivity index (χ2v) is 7.10. The van der Waals surface area contributed by atoms with Gasteiger partial charge in [0.1, 0.15) is 5.69 Å². The van der Waals surface area contributed by atoms with Gasteiger partial charge in [0.05, 0.1) is 29.3 Å². The molecule has 2 rings (SSSR count). The van der Waals surface area contributed by atoms with Crippen LogP contribution in [0.2, 0.25) is 0 Å². The third-order valence-corrected chi connectivity index (χ3v) is 4.86. The number of nitro benzene ring substituents is 1. The van der Waals surface area contributed by atoms with Gasteiger partial charge in [-0.2, -0.15) is 13.2 Å². The standard InChI is InChI=1S/C21H23F3N4O4/c1-4-27(11-18(29)25-16-8-6-5-7-15(16)21(22,23)24)12-19(30)26-20-14(3)13(2)9-10-17(20)28(31)32/h5-10H,4,11-12H2,1-3H3,(H,25,29)(H,26,30). The number of rotatable bonds is 8. The molecule has 2 amide bonds. The smallest absolute Gasteiger partial charge is 0.324 e. The molecule has 0 unspecified atom stereocenters. The quantitative estimate of drug-likeness (QED) is 0.463. The van der Waals surface area contributed by atoms with Gasteiger partial charge in [0.25, 0.3) is 5.69 Å². The van der Waals surface area contributed by atoms with Crippen LogP contribution in [0.5, 0.6) is 0 Å². The topological polar surface area (TPSA) is 105 Å². The van der Waals surface area contributed by atoms with Crippen LogP contribution in [0.3, 0.4) is 0 Å². The van der Waals surface area contributed by atoms with E-state index in [1.54, 1.807) is 26.8 Å². The molecule has 0 saturated heterocycles. The van der Waals surface area contributed by atoms with Gasteiger partial charge < -0.3 is 10.6 Å². The average Bonchev–Trinajstić information content (AvgIpc) is 2.70. The molecule has 11 heteroatoms. The van der Waals surface area contributed by atoms with Crippen molar-refractivity contribution >= 4 is 28.9 Å².